The maximum absolute atomic E-state index is 8.69. The van der Waals surface area contributed by atoms with Crippen LogP contribution in [0.15, 0.2) is 36.5 Å². The van der Waals surface area contributed by atoms with Crippen LogP contribution < -0.4 is 0 Å². The number of hydrogen-bond donors (Lipinski definition) is 1. The molecule has 0 unspecified atom stereocenters. The molecule has 1 aromatic heterocycles. The van der Waals surface area contributed by atoms with E-state index < -0.39 is 0 Å². The van der Waals surface area contributed by atoms with Gasteiger partial charge in [-0.25, -0.2) is 9.97 Å². The first-order valence-corrected chi connectivity index (χ1v) is 6.90. The number of rotatable bonds is 7. The van der Waals surface area contributed by atoms with Gasteiger partial charge in [-0.2, -0.15) is 0 Å². The monoisotopic (exact) mass is 292 g/mol. The molecule has 1 heterocycles. The maximum Gasteiger partial charge on any atom is 0.222 e. The van der Waals surface area contributed by atoms with Crippen LogP contribution in [0.5, 0.6) is 0 Å². The van der Waals surface area contributed by atoms with Crippen molar-refractivity contribution in [2.24, 2.45) is 0 Å². The number of nitrogens with zero attached hydrogens (tertiary/aromatic N) is 2. The molecule has 4 nitrogen and oxygen atoms in total. The largest absolute Gasteiger partial charge is 0.394 e. The Morgan fingerprint density at radius 1 is 1.15 bits per heavy atom. The van der Waals surface area contributed by atoms with Gasteiger partial charge in [0.25, 0.3) is 0 Å². The number of aromatic nitrogens is 2. The molecule has 0 atom stereocenters. The number of hydrogen-bond acceptors (Lipinski definition) is 4. The summed E-state index contributed by atoms with van der Waals surface area (Å²) < 4.78 is 5.28. The van der Waals surface area contributed by atoms with E-state index in [1.165, 1.54) is 5.56 Å². The zero-order chi connectivity index (χ0) is 14.2. The van der Waals surface area contributed by atoms with Crippen molar-refractivity contribution < 1.29 is 9.84 Å². The average molecular weight is 293 g/mol. The SMILES string of the molecule is OCCOCCc1nc(Cl)ncc1Cc1ccccc1. The van der Waals surface area contributed by atoms with Crippen molar-refractivity contribution in [2.45, 2.75) is 12.8 Å². The van der Waals surface area contributed by atoms with E-state index in [9.17, 15) is 0 Å². The van der Waals surface area contributed by atoms with Gasteiger partial charge in [0.2, 0.25) is 5.28 Å². The summed E-state index contributed by atoms with van der Waals surface area (Å²) in [7, 11) is 0. The second-order valence-electron chi connectivity index (χ2n) is 4.36. The Bertz CT molecular complexity index is 535. The van der Waals surface area contributed by atoms with Crippen LogP contribution in [0, 0.1) is 0 Å². The topological polar surface area (TPSA) is 55.2 Å². The van der Waals surface area contributed by atoms with Crippen LogP contribution in [0.25, 0.3) is 0 Å². The number of aliphatic hydroxyl groups excluding tert-OH is 1. The van der Waals surface area contributed by atoms with Crippen molar-refractivity contribution in [1.29, 1.82) is 0 Å². The fraction of sp³-hybridized carbons (Fsp3) is 0.333. The van der Waals surface area contributed by atoms with Crippen LogP contribution in [-0.4, -0.2) is 34.9 Å². The first-order valence-electron chi connectivity index (χ1n) is 6.52. The molecule has 0 aliphatic rings. The van der Waals surface area contributed by atoms with Gasteiger partial charge in [-0.15, -0.1) is 0 Å². The lowest BCUT2D eigenvalue weighted by atomic mass is 10.0. The summed E-state index contributed by atoms with van der Waals surface area (Å²) in [6.45, 7) is 0.879. The highest BCUT2D eigenvalue weighted by Crippen LogP contribution is 2.14. The van der Waals surface area contributed by atoms with E-state index in [2.05, 4.69) is 22.1 Å². The molecule has 0 amide bonds. The lowest BCUT2D eigenvalue weighted by Gasteiger charge is -2.09. The summed E-state index contributed by atoms with van der Waals surface area (Å²) >= 11 is 5.86. The van der Waals surface area contributed by atoms with Gasteiger partial charge in [0.15, 0.2) is 0 Å². The zero-order valence-electron chi connectivity index (χ0n) is 11.1. The molecule has 5 heteroatoms. The van der Waals surface area contributed by atoms with Crippen molar-refractivity contribution in [3.63, 3.8) is 0 Å². The third-order valence-corrected chi connectivity index (χ3v) is 3.06. The van der Waals surface area contributed by atoms with Crippen LogP contribution >= 0.6 is 11.6 Å². The van der Waals surface area contributed by atoms with Gasteiger partial charge >= 0.3 is 0 Å². The van der Waals surface area contributed by atoms with E-state index in [1.807, 2.05) is 18.2 Å². The average Bonchev–Trinajstić information content (AvgIpc) is 2.47. The summed E-state index contributed by atoms with van der Waals surface area (Å²) in [6, 6.07) is 10.2. The second-order valence-corrected chi connectivity index (χ2v) is 4.70. The Hall–Kier alpha value is -1.49. The van der Waals surface area contributed by atoms with E-state index >= 15 is 0 Å². The van der Waals surface area contributed by atoms with Crippen molar-refractivity contribution >= 4 is 11.6 Å². The Labute approximate surface area is 123 Å². The molecular formula is C15H17ClN2O2. The van der Waals surface area contributed by atoms with Crippen LogP contribution in [0.2, 0.25) is 5.28 Å². The molecule has 2 rings (SSSR count). The summed E-state index contributed by atoms with van der Waals surface area (Å²) in [6.07, 6.45) is 3.20. The van der Waals surface area contributed by atoms with E-state index in [-0.39, 0.29) is 11.9 Å². The number of ether oxygens (including phenoxy) is 1. The first-order chi connectivity index (χ1) is 9.79. The molecule has 0 radical (unpaired) electrons. The van der Waals surface area contributed by atoms with Crippen molar-refractivity contribution in [2.75, 3.05) is 19.8 Å². The quantitative estimate of drug-likeness (QED) is 0.628. The lowest BCUT2D eigenvalue weighted by Crippen LogP contribution is -2.08. The van der Waals surface area contributed by atoms with Crippen LogP contribution in [0.3, 0.4) is 0 Å². The third kappa shape index (κ3) is 4.56. The number of halogens is 1. The molecule has 0 spiro atoms. The lowest BCUT2D eigenvalue weighted by molar-refractivity contribution is 0.0939. The number of aliphatic hydroxyl groups is 1. The van der Waals surface area contributed by atoms with E-state index in [1.54, 1.807) is 6.20 Å². The molecule has 20 heavy (non-hydrogen) atoms. The third-order valence-electron chi connectivity index (χ3n) is 2.88. The Morgan fingerprint density at radius 2 is 1.95 bits per heavy atom. The Balaban J connectivity index is 2.07. The second kappa shape index (κ2) is 7.94. The van der Waals surface area contributed by atoms with Gasteiger partial charge in [-0.3, -0.25) is 0 Å². The summed E-state index contributed by atoms with van der Waals surface area (Å²) in [5, 5.41) is 8.93. The van der Waals surface area contributed by atoms with Gasteiger partial charge < -0.3 is 9.84 Å². The highest BCUT2D eigenvalue weighted by Gasteiger charge is 2.07. The van der Waals surface area contributed by atoms with Crippen molar-refractivity contribution in [1.82, 2.24) is 9.97 Å². The van der Waals surface area contributed by atoms with Crippen LogP contribution in [-0.2, 0) is 17.6 Å². The van der Waals surface area contributed by atoms with E-state index in [0.717, 1.165) is 17.7 Å². The fourth-order valence-corrected chi connectivity index (χ4v) is 2.08. The van der Waals surface area contributed by atoms with E-state index in [0.29, 0.717) is 19.6 Å². The number of benzene rings is 1. The van der Waals surface area contributed by atoms with Gasteiger partial charge in [0.05, 0.1) is 25.5 Å². The molecule has 106 valence electrons. The first kappa shape index (κ1) is 14.9. The Morgan fingerprint density at radius 3 is 2.70 bits per heavy atom. The normalized spacial score (nSPS) is 10.7. The highest BCUT2D eigenvalue weighted by atomic mass is 35.5. The molecule has 0 fully saturated rings. The van der Waals surface area contributed by atoms with Gasteiger partial charge in [0.1, 0.15) is 0 Å². The van der Waals surface area contributed by atoms with E-state index in [4.69, 9.17) is 21.4 Å². The molecule has 0 saturated carbocycles. The van der Waals surface area contributed by atoms with Gasteiger partial charge in [-0.05, 0) is 22.7 Å². The van der Waals surface area contributed by atoms with Crippen LogP contribution in [0.1, 0.15) is 16.8 Å². The predicted octanol–water partition coefficient (Wildman–Crippen LogP) is 2.27. The molecule has 0 saturated heterocycles. The fourth-order valence-electron chi connectivity index (χ4n) is 1.93. The zero-order valence-corrected chi connectivity index (χ0v) is 11.9. The molecule has 0 bridgehead atoms. The van der Waals surface area contributed by atoms with Gasteiger partial charge in [-0.1, -0.05) is 30.3 Å². The van der Waals surface area contributed by atoms with Gasteiger partial charge in [0, 0.05) is 19.0 Å². The Kier molecular flexibility index (Phi) is 5.92. The smallest absolute Gasteiger partial charge is 0.222 e. The molecule has 1 aromatic carbocycles. The minimum absolute atomic E-state index is 0.0292. The van der Waals surface area contributed by atoms with Crippen molar-refractivity contribution in [3.8, 4) is 0 Å². The standard InChI is InChI=1S/C15H17ClN2O2/c16-15-17-11-13(10-12-4-2-1-3-5-12)14(18-15)6-8-20-9-7-19/h1-5,11,19H,6-10H2. The molecular weight excluding hydrogens is 276 g/mol. The molecule has 1 N–H and O–H groups in total. The minimum Gasteiger partial charge on any atom is -0.394 e. The summed E-state index contributed by atoms with van der Waals surface area (Å²) in [5.41, 5.74) is 3.15. The molecule has 0 aliphatic heterocycles. The highest BCUT2D eigenvalue weighted by molar-refractivity contribution is 6.28. The maximum atomic E-state index is 8.69. The van der Waals surface area contributed by atoms with Crippen molar-refractivity contribution in [3.05, 3.63) is 58.6 Å². The predicted molar refractivity (Wildman–Crippen MR) is 77.9 cm³/mol. The minimum atomic E-state index is 0.0292. The summed E-state index contributed by atoms with van der Waals surface area (Å²) in [4.78, 5) is 8.33. The molecule has 2 aromatic rings. The van der Waals surface area contributed by atoms with Crippen LogP contribution in [0.4, 0.5) is 0 Å². The molecule has 0 aliphatic carbocycles. The summed E-state index contributed by atoms with van der Waals surface area (Å²) in [5.74, 6) is 0.